The molecule has 0 atom stereocenters. The van der Waals surface area contributed by atoms with Crippen molar-refractivity contribution in [3.8, 4) is 5.69 Å². The van der Waals surface area contributed by atoms with Gasteiger partial charge in [-0.25, -0.2) is 13.5 Å². The summed E-state index contributed by atoms with van der Waals surface area (Å²) in [5.74, 6) is -1.06. The molecule has 7 nitrogen and oxygen atoms in total. The lowest BCUT2D eigenvalue weighted by atomic mass is 10.1. The van der Waals surface area contributed by atoms with E-state index in [0.29, 0.717) is 43.2 Å². The molecule has 1 aliphatic carbocycles. The fourth-order valence-corrected chi connectivity index (χ4v) is 4.63. The van der Waals surface area contributed by atoms with Crippen molar-refractivity contribution in [2.45, 2.75) is 19.3 Å². The quantitative estimate of drug-likeness (QED) is 0.629. The van der Waals surface area contributed by atoms with Crippen molar-refractivity contribution in [3.05, 3.63) is 77.1 Å². The Bertz CT molecular complexity index is 1220. The van der Waals surface area contributed by atoms with E-state index in [-0.39, 0.29) is 30.0 Å². The summed E-state index contributed by atoms with van der Waals surface area (Å²) < 4.78 is 29.0. The van der Waals surface area contributed by atoms with Gasteiger partial charge < -0.3 is 10.2 Å². The van der Waals surface area contributed by atoms with Gasteiger partial charge >= 0.3 is 0 Å². The van der Waals surface area contributed by atoms with Crippen LogP contribution in [0.2, 0.25) is 0 Å². The maximum atomic E-state index is 14.4. The molecule has 0 spiro atoms. The van der Waals surface area contributed by atoms with Gasteiger partial charge in [0.2, 0.25) is 5.91 Å². The Morgan fingerprint density at radius 3 is 2.41 bits per heavy atom. The van der Waals surface area contributed by atoms with Gasteiger partial charge in [-0.2, -0.15) is 5.10 Å². The zero-order chi connectivity index (χ0) is 23.7. The van der Waals surface area contributed by atoms with Gasteiger partial charge in [0.05, 0.1) is 6.54 Å². The number of carbonyl (C=O) groups is 2. The van der Waals surface area contributed by atoms with Crippen LogP contribution < -0.4 is 5.32 Å². The normalized spacial score (nSPS) is 15.9. The highest BCUT2D eigenvalue weighted by molar-refractivity contribution is 5.94. The standard InChI is InChI=1S/C25H25F2N5O2/c26-17-8-10-18(11-9-17)28-23(33)16-30-12-14-31(15-13-30)25(34)24-19-4-3-7-21(19)32(29-24)22-6-2-1-5-20(22)27/h1-2,5-6,8-11H,3-4,7,12-16H2,(H,28,33). The van der Waals surface area contributed by atoms with E-state index in [1.807, 2.05) is 4.90 Å². The molecular weight excluding hydrogens is 440 g/mol. The smallest absolute Gasteiger partial charge is 0.274 e. The van der Waals surface area contributed by atoms with E-state index in [0.717, 1.165) is 30.5 Å². The number of hydrogen-bond acceptors (Lipinski definition) is 4. The highest BCUT2D eigenvalue weighted by atomic mass is 19.1. The van der Waals surface area contributed by atoms with Crippen molar-refractivity contribution in [2.75, 3.05) is 38.0 Å². The number of hydrogen-bond donors (Lipinski definition) is 1. The first-order valence-electron chi connectivity index (χ1n) is 11.4. The second-order valence-electron chi connectivity index (χ2n) is 8.61. The Hall–Kier alpha value is -3.59. The number of halogens is 2. The Kier molecular flexibility index (Phi) is 6.10. The minimum Gasteiger partial charge on any atom is -0.335 e. The SMILES string of the molecule is O=C(CN1CCN(C(=O)c2nn(-c3ccccc3F)c3c2CCC3)CC1)Nc1ccc(F)cc1. The average Bonchev–Trinajstić information content (AvgIpc) is 3.44. The Labute approximate surface area is 196 Å². The summed E-state index contributed by atoms with van der Waals surface area (Å²) in [7, 11) is 0. The molecule has 34 heavy (non-hydrogen) atoms. The van der Waals surface area contributed by atoms with Crippen molar-refractivity contribution >= 4 is 17.5 Å². The lowest BCUT2D eigenvalue weighted by molar-refractivity contribution is -0.117. The van der Waals surface area contributed by atoms with E-state index in [1.165, 1.54) is 30.3 Å². The maximum Gasteiger partial charge on any atom is 0.274 e. The van der Waals surface area contributed by atoms with Crippen LogP contribution in [-0.4, -0.2) is 64.1 Å². The van der Waals surface area contributed by atoms with Crippen LogP contribution in [0.25, 0.3) is 5.69 Å². The zero-order valence-electron chi connectivity index (χ0n) is 18.6. The van der Waals surface area contributed by atoms with Crippen LogP contribution >= 0.6 is 0 Å². The van der Waals surface area contributed by atoms with Crippen molar-refractivity contribution in [2.24, 2.45) is 0 Å². The Morgan fingerprint density at radius 1 is 0.941 bits per heavy atom. The largest absolute Gasteiger partial charge is 0.335 e. The second kappa shape index (κ2) is 9.34. The topological polar surface area (TPSA) is 70.5 Å². The lowest BCUT2D eigenvalue weighted by Crippen LogP contribution is -2.50. The summed E-state index contributed by atoms with van der Waals surface area (Å²) in [5.41, 5.74) is 3.12. The highest BCUT2D eigenvalue weighted by Gasteiger charge is 2.31. The molecule has 0 unspecified atom stereocenters. The summed E-state index contributed by atoms with van der Waals surface area (Å²) in [6.07, 6.45) is 2.44. The number of para-hydroxylation sites is 1. The number of benzene rings is 2. The van der Waals surface area contributed by atoms with Crippen LogP contribution in [0.5, 0.6) is 0 Å². The molecule has 9 heteroatoms. The van der Waals surface area contributed by atoms with Crippen LogP contribution in [0.3, 0.4) is 0 Å². The number of carbonyl (C=O) groups excluding carboxylic acids is 2. The third kappa shape index (κ3) is 4.43. The molecular formula is C25H25F2N5O2. The van der Waals surface area contributed by atoms with Gasteiger partial charge in [0.1, 0.15) is 17.3 Å². The number of fused-ring (bicyclic) bond motifs is 1. The second-order valence-corrected chi connectivity index (χ2v) is 8.61. The van der Waals surface area contributed by atoms with E-state index in [2.05, 4.69) is 10.4 Å². The van der Waals surface area contributed by atoms with Gasteiger partial charge in [0.15, 0.2) is 5.69 Å². The molecule has 2 aliphatic rings. The lowest BCUT2D eigenvalue weighted by Gasteiger charge is -2.34. The third-order valence-electron chi connectivity index (χ3n) is 6.37. The van der Waals surface area contributed by atoms with E-state index in [1.54, 1.807) is 27.8 Å². The number of piperazine rings is 1. The summed E-state index contributed by atoms with van der Waals surface area (Å²) in [4.78, 5) is 29.4. The van der Waals surface area contributed by atoms with Gasteiger partial charge in [-0.3, -0.25) is 14.5 Å². The first-order valence-corrected chi connectivity index (χ1v) is 11.4. The van der Waals surface area contributed by atoms with Gasteiger partial charge in [-0.15, -0.1) is 0 Å². The molecule has 1 fully saturated rings. The average molecular weight is 466 g/mol. The monoisotopic (exact) mass is 465 g/mol. The zero-order valence-corrected chi connectivity index (χ0v) is 18.6. The minimum atomic E-state index is -0.369. The first-order chi connectivity index (χ1) is 16.5. The van der Waals surface area contributed by atoms with Crippen LogP contribution in [0.1, 0.15) is 28.2 Å². The number of nitrogens with zero attached hydrogens (tertiary/aromatic N) is 4. The molecule has 1 aromatic heterocycles. The van der Waals surface area contributed by atoms with E-state index >= 15 is 0 Å². The van der Waals surface area contributed by atoms with Crippen LogP contribution in [0.15, 0.2) is 48.5 Å². The molecule has 176 valence electrons. The van der Waals surface area contributed by atoms with Crippen LogP contribution in [-0.2, 0) is 17.6 Å². The fraction of sp³-hybridized carbons (Fsp3) is 0.320. The summed E-state index contributed by atoms with van der Waals surface area (Å²) >= 11 is 0. The van der Waals surface area contributed by atoms with Crippen molar-refractivity contribution < 1.29 is 18.4 Å². The molecule has 3 aromatic rings. The first kappa shape index (κ1) is 22.2. The Morgan fingerprint density at radius 2 is 1.68 bits per heavy atom. The molecule has 1 aliphatic heterocycles. The Balaban J connectivity index is 1.22. The molecule has 2 aromatic carbocycles. The summed E-state index contributed by atoms with van der Waals surface area (Å²) in [6, 6.07) is 12.1. The van der Waals surface area contributed by atoms with Gasteiger partial charge in [0.25, 0.3) is 5.91 Å². The number of amides is 2. The molecule has 1 N–H and O–H groups in total. The number of rotatable bonds is 5. The van der Waals surface area contributed by atoms with Crippen LogP contribution in [0.4, 0.5) is 14.5 Å². The number of anilines is 1. The third-order valence-corrected chi connectivity index (χ3v) is 6.37. The molecule has 2 heterocycles. The van der Waals surface area contributed by atoms with Crippen molar-refractivity contribution in [1.82, 2.24) is 19.6 Å². The predicted octanol–water partition coefficient (Wildman–Crippen LogP) is 3.04. The van der Waals surface area contributed by atoms with E-state index in [9.17, 15) is 18.4 Å². The molecule has 5 rings (SSSR count). The highest BCUT2D eigenvalue weighted by Crippen LogP contribution is 2.29. The molecule has 0 radical (unpaired) electrons. The summed E-state index contributed by atoms with van der Waals surface area (Å²) in [5, 5.41) is 7.30. The maximum absolute atomic E-state index is 14.4. The fourth-order valence-electron chi connectivity index (χ4n) is 4.63. The van der Waals surface area contributed by atoms with Crippen LogP contribution in [0, 0.1) is 11.6 Å². The van der Waals surface area contributed by atoms with Gasteiger partial charge in [0, 0.05) is 43.1 Å². The van der Waals surface area contributed by atoms with E-state index < -0.39 is 0 Å². The van der Waals surface area contributed by atoms with E-state index in [4.69, 9.17) is 0 Å². The molecule has 1 saturated heterocycles. The van der Waals surface area contributed by atoms with Gasteiger partial charge in [-0.1, -0.05) is 12.1 Å². The molecule has 2 amide bonds. The summed E-state index contributed by atoms with van der Waals surface area (Å²) in [6.45, 7) is 2.25. The van der Waals surface area contributed by atoms with Crippen molar-refractivity contribution in [1.29, 1.82) is 0 Å². The molecule has 0 bridgehead atoms. The number of aromatic nitrogens is 2. The molecule has 0 saturated carbocycles. The minimum absolute atomic E-state index is 0.149. The van der Waals surface area contributed by atoms with Gasteiger partial charge in [-0.05, 0) is 55.7 Å². The van der Waals surface area contributed by atoms with Crippen molar-refractivity contribution in [3.63, 3.8) is 0 Å². The number of nitrogens with one attached hydrogen (secondary N) is 1. The predicted molar refractivity (Wildman–Crippen MR) is 123 cm³/mol.